The molecule has 1 fully saturated rings. The van der Waals surface area contributed by atoms with Gasteiger partial charge in [-0.1, -0.05) is 6.07 Å². The number of nitrogens with one attached hydrogen (secondary N) is 1. The maximum Gasteiger partial charge on any atom is 0.416 e. The van der Waals surface area contributed by atoms with Crippen LogP contribution in [0.15, 0.2) is 30.3 Å². The minimum Gasteiger partial charge on any atom is -0.356 e. The van der Waals surface area contributed by atoms with E-state index in [1.807, 2.05) is 13.0 Å². The summed E-state index contributed by atoms with van der Waals surface area (Å²) in [5, 5.41) is 2.89. The lowest BCUT2D eigenvalue weighted by atomic mass is 10.1. The Kier molecular flexibility index (Phi) is 4.59. The van der Waals surface area contributed by atoms with Gasteiger partial charge in [-0.2, -0.15) is 18.2 Å². The number of hydrogen-bond acceptors (Lipinski definition) is 4. The normalized spacial score (nSPS) is 15.4. The highest BCUT2D eigenvalue weighted by molar-refractivity contribution is 5.57. The number of aryl methyl sites for hydroxylation is 1. The number of piperidine rings is 1. The molecule has 2 heterocycles. The molecule has 1 aliphatic heterocycles. The number of hydrogen-bond donors (Lipinski definition) is 1. The quantitative estimate of drug-likeness (QED) is 0.893. The van der Waals surface area contributed by atoms with Gasteiger partial charge in [-0.15, -0.1) is 0 Å². The number of halogens is 3. The van der Waals surface area contributed by atoms with Crippen LogP contribution in [0, 0.1) is 6.92 Å². The van der Waals surface area contributed by atoms with Crippen LogP contribution >= 0.6 is 0 Å². The summed E-state index contributed by atoms with van der Waals surface area (Å²) in [6, 6.07) is 6.95. The summed E-state index contributed by atoms with van der Waals surface area (Å²) in [5.41, 5.74) is 0.400. The van der Waals surface area contributed by atoms with Gasteiger partial charge in [-0.3, -0.25) is 0 Å². The summed E-state index contributed by atoms with van der Waals surface area (Å²) in [4.78, 5) is 10.9. The highest BCUT2D eigenvalue weighted by Gasteiger charge is 2.30. The van der Waals surface area contributed by atoms with Crippen LogP contribution in [0.1, 0.15) is 30.5 Å². The molecule has 1 aromatic carbocycles. The molecule has 0 amide bonds. The highest BCUT2D eigenvalue weighted by atomic mass is 19.4. The topological polar surface area (TPSA) is 41.1 Å². The number of nitrogens with zero attached hydrogens (tertiary/aromatic N) is 3. The molecule has 128 valence electrons. The summed E-state index contributed by atoms with van der Waals surface area (Å²) in [6.07, 6.45) is -0.904. The summed E-state index contributed by atoms with van der Waals surface area (Å²) in [7, 11) is 0. The zero-order valence-corrected chi connectivity index (χ0v) is 13.4. The molecular formula is C17H19F3N4. The van der Waals surface area contributed by atoms with Gasteiger partial charge in [0.2, 0.25) is 5.95 Å². The predicted octanol–water partition coefficient (Wildman–Crippen LogP) is 4.54. The molecular weight excluding hydrogens is 317 g/mol. The van der Waals surface area contributed by atoms with E-state index in [1.54, 1.807) is 6.07 Å². The summed E-state index contributed by atoms with van der Waals surface area (Å²) in [6.45, 7) is 3.74. The molecule has 1 N–H and O–H groups in total. The zero-order chi connectivity index (χ0) is 17.2. The number of benzene rings is 1. The smallest absolute Gasteiger partial charge is 0.356 e. The molecule has 4 nitrogen and oxygen atoms in total. The van der Waals surface area contributed by atoms with Crippen molar-refractivity contribution in [3.05, 3.63) is 41.6 Å². The van der Waals surface area contributed by atoms with E-state index in [0.717, 1.165) is 49.6 Å². The maximum absolute atomic E-state index is 12.8. The first-order valence-electron chi connectivity index (χ1n) is 7.97. The molecule has 2 aromatic rings. The monoisotopic (exact) mass is 336 g/mol. The third-order valence-corrected chi connectivity index (χ3v) is 3.97. The Balaban J connectivity index is 1.83. The van der Waals surface area contributed by atoms with E-state index in [0.29, 0.717) is 11.6 Å². The lowest BCUT2D eigenvalue weighted by Crippen LogP contribution is -2.30. The average Bonchev–Trinajstić information content (AvgIpc) is 2.54. The Morgan fingerprint density at radius 1 is 1.04 bits per heavy atom. The van der Waals surface area contributed by atoms with Crippen molar-refractivity contribution in [2.45, 2.75) is 32.4 Å². The summed E-state index contributed by atoms with van der Waals surface area (Å²) in [5.74, 6) is 1.13. The van der Waals surface area contributed by atoms with E-state index >= 15 is 0 Å². The second kappa shape index (κ2) is 6.67. The molecule has 0 saturated carbocycles. The van der Waals surface area contributed by atoms with Crippen molar-refractivity contribution >= 4 is 17.5 Å². The Morgan fingerprint density at radius 2 is 1.79 bits per heavy atom. The lowest BCUT2D eigenvalue weighted by Gasteiger charge is -2.28. The van der Waals surface area contributed by atoms with Crippen molar-refractivity contribution < 1.29 is 13.2 Å². The second-order valence-electron chi connectivity index (χ2n) is 5.94. The van der Waals surface area contributed by atoms with Crippen LogP contribution in [-0.4, -0.2) is 23.1 Å². The SMILES string of the molecule is Cc1cc(N2CCCCC2)nc(Nc2cccc(C(F)(F)F)c2)n1. The fourth-order valence-electron chi connectivity index (χ4n) is 2.80. The molecule has 7 heteroatoms. The minimum atomic E-state index is -4.37. The molecule has 0 radical (unpaired) electrons. The molecule has 3 rings (SSSR count). The fourth-order valence-corrected chi connectivity index (χ4v) is 2.80. The van der Waals surface area contributed by atoms with Crippen LogP contribution in [0.2, 0.25) is 0 Å². The van der Waals surface area contributed by atoms with Gasteiger partial charge in [-0.05, 0) is 44.4 Å². The standard InChI is InChI=1S/C17H19F3N4/c1-12-10-15(24-8-3-2-4-9-24)23-16(21-12)22-14-7-5-6-13(11-14)17(18,19)20/h5-7,10-11H,2-4,8-9H2,1H3,(H,21,22,23). The number of alkyl halides is 3. The Hall–Kier alpha value is -2.31. The Labute approximate surface area is 138 Å². The highest BCUT2D eigenvalue weighted by Crippen LogP contribution is 2.31. The van der Waals surface area contributed by atoms with Crippen LogP contribution < -0.4 is 10.2 Å². The van der Waals surface area contributed by atoms with E-state index in [4.69, 9.17) is 0 Å². The zero-order valence-electron chi connectivity index (χ0n) is 13.4. The average molecular weight is 336 g/mol. The van der Waals surface area contributed by atoms with Gasteiger partial charge in [0.05, 0.1) is 5.56 Å². The molecule has 0 spiro atoms. The first kappa shape index (κ1) is 16.5. The van der Waals surface area contributed by atoms with Crippen molar-refractivity contribution in [2.75, 3.05) is 23.3 Å². The number of anilines is 3. The van der Waals surface area contributed by atoms with E-state index in [2.05, 4.69) is 20.2 Å². The van der Waals surface area contributed by atoms with Crippen molar-refractivity contribution in [3.63, 3.8) is 0 Å². The molecule has 1 aliphatic rings. The van der Waals surface area contributed by atoms with Crippen LogP contribution in [0.25, 0.3) is 0 Å². The van der Waals surface area contributed by atoms with E-state index in [-0.39, 0.29) is 0 Å². The number of aromatic nitrogens is 2. The molecule has 0 atom stereocenters. The predicted molar refractivity (Wildman–Crippen MR) is 87.6 cm³/mol. The maximum atomic E-state index is 12.8. The van der Waals surface area contributed by atoms with Gasteiger partial charge in [0.1, 0.15) is 5.82 Å². The molecule has 1 saturated heterocycles. The largest absolute Gasteiger partial charge is 0.416 e. The first-order valence-corrected chi connectivity index (χ1v) is 7.97. The third kappa shape index (κ3) is 3.96. The third-order valence-electron chi connectivity index (χ3n) is 3.97. The van der Waals surface area contributed by atoms with E-state index < -0.39 is 11.7 Å². The van der Waals surface area contributed by atoms with Crippen LogP contribution in [0.5, 0.6) is 0 Å². The van der Waals surface area contributed by atoms with Crippen molar-refractivity contribution in [1.82, 2.24) is 9.97 Å². The minimum absolute atomic E-state index is 0.315. The van der Waals surface area contributed by atoms with Gasteiger partial charge < -0.3 is 10.2 Å². The van der Waals surface area contributed by atoms with E-state index in [1.165, 1.54) is 12.5 Å². The van der Waals surface area contributed by atoms with Crippen LogP contribution in [-0.2, 0) is 6.18 Å². The second-order valence-corrected chi connectivity index (χ2v) is 5.94. The lowest BCUT2D eigenvalue weighted by molar-refractivity contribution is -0.137. The van der Waals surface area contributed by atoms with Gasteiger partial charge >= 0.3 is 6.18 Å². The Morgan fingerprint density at radius 3 is 2.50 bits per heavy atom. The van der Waals surface area contributed by atoms with Crippen LogP contribution in [0.4, 0.5) is 30.6 Å². The fraction of sp³-hybridized carbons (Fsp3) is 0.412. The van der Waals surface area contributed by atoms with Crippen molar-refractivity contribution in [1.29, 1.82) is 0 Å². The molecule has 0 bridgehead atoms. The molecule has 1 aromatic heterocycles. The van der Waals surface area contributed by atoms with Crippen molar-refractivity contribution in [3.8, 4) is 0 Å². The molecule has 0 aliphatic carbocycles. The van der Waals surface area contributed by atoms with E-state index in [9.17, 15) is 13.2 Å². The van der Waals surface area contributed by atoms with Gasteiger partial charge in [0.25, 0.3) is 0 Å². The summed E-state index contributed by atoms with van der Waals surface area (Å²) >= 11 is 0. The van der Waals surface area contributed by atoms with Gasteiger partial charge in [-0.25, -0.2) is 4.98 Å². The van der Waals surface area contributed by atoms with Gasteiger partial charge in [0, 0.05) is 30.5 Å². The molecule has 0 unspecified atom stereocenters. The first-order chi connectivity index (χ1) is 11.4. The van der Waals surface area contributed by atoms with Crippen molar-refractivity contribution in [2.24, 2.45) is 0 Å². The van der Waals surface area contributed by atoms with Gasteiger partial charge in [0.15, 0.2) is 0 Å². The molecule has 24 heavy (non-hydrogen) atoms. The number of rotatable bonds is 3. The van der Waals surface area contributed by atoms with Crippen LogP contribution in [0.3, 0.4) is 0 Å². The summed E-state index contributed by atoms with van der Waals surface area (Å²) < 4.78 is 38.4. The Bertz CT molecular complexity index is 709.